The average Bonchev–Trinajstić information content (AvgIpc) is 2.43. The molecule has 0 saturated heterocycles. The molecular weight excluding hydrogens is 289 g/mol. The quantitative estimate of drug-likeness (QED) is 0.273. The van der Waals surface area contributed by atoms with Crippen LogP contribution in [0, 0.1) is 0 Å². The van der Waals surface area contributed by atoms with Gasteiger partial charge < -0.3 is 5.73 Å². The molecule has 0 aliphatic carbocycles. The van der Waals surface area contributed by atoms with Gasteiger partial charge in [0.25, 0.3) is 0 Å². The molecule has 0 spiro atoms. The monoisotopic (exact) mass is 329 g/mol. The molecule has 0 bridgehead atoms. The van der Waals surface area contributed by atoms with Crippen molar-refractivity contribution in [2.75, 3.05) is 6.54 Å². The van der Waals surface area contributed by atoms with E-state index in [0.717, 1.165) is 6.54 Å². The standard InChI is InChI=1S/C18H39N.ClH.Na.H/c1-2-3-4-5-6-7-8-9-10-11-12-13-14-15-16-17-18-19;;;/h2-19H2,1H3;1H;;. The Hall–Kier alpha value is 1.25. The van der Waals surface area contributed by atoms with Crippen LogP contribution in [-0.2, 0) is 0 Å². The molecule has 21 heavy (non-hydrogen) atoms. The molecule has 0 atom stereocenters. The van der Waals surface area contributed by atoms with Crippen LogP contribution in [0.15, 0.2) is 0 Å². The number of hydrogen-bond donors (Lipinski definition) is 1. The van der Waals surface area contributed by atoms with Gasteiger partial charge in [0.1, 0.15) is 0 Å². The number of nitrogens with two attached hydrogens (primary N) is 1. The van der Waals surface area contributed by atoms with Gasteiger partial charge in [-0.25, -0.2) is 0 Å². The summed E-state index contributed by atoms with van der Waals surface area (Å²) < 4.78 is 0. The first kappa shape index (κ1) is 27.1. The summed E-state index contributed by atoms with van der Waals surface area (Å²) in [6.07, 6.45) is 22.9. The van der Waals surface area contributed by atoms with Gasteiger partial charge >= 0.3 is 29.6 Å². The first-order chi connectivity index (χ1) is 9.41. The molecular formula is C18H41ClNNa. The number of unbranched alkanes of at least 4 members (excludes halogenated alkanes) is 15. The van der Waals surface area contributed by atoms with E-state index in [1.54, 1.807) is 0 Å². The van der Waals surface area contributed by atoms with Gasteiger partial charge in [-0.15, -0.1) is 12.4 Å². The fourth-order valence-corrected chi connectivity index (χ4v) is 2.69. The van der Waals surface area contributed by atoms with Gasteiger partial charge in [0.2, 0.25) is 0 Å². The van der Waals surface area contributed by atoms with Crippen LogP contribution in [-0.4, -0.2) is 36.1 Å². The summed E-state index contributed by atoms with van der Waals surface area (Å²) in [6.45, 7) is 3.16. The van der Waals surface area contributed by atoms with E-state index in [1.165, 1.54) is 103 Å². The van der Waals surface area contributed by atoms with E-state index in [2.05, 4.69) is 6.92 Å². The zero-order valence-corrected chi connectivity index (χ0v) is 14.8. The molecule has 0 amide bonds. The molecule has 0 aliphatic heterocycles. The van der Waals surface area contributed by atoms with Crippen LogP contribution in [0.2, 0.25) is 0 Å². The van der Waals surface area contributed by atoms with Crippen molar-refractivity contribution in [1.29, 1.82) is 0 Å². The summed E-state index contributed by atoms with van der Waals surface area (Å²) in [7, 11) is 0. The van der Waals surface area contributed by atoms with Crippen LogP contribution in [0.4, 0.5) is 0 Å². The van der Waals surface area contributed by atoms with Gasteiger partial charge in [0.05, 0.1) is 0 Å². The summed E-state index contributed by atoms with van der Waals surface area (Å²) in [6, 6.07) is 0. The van der Waals surface area contributed by atoms with Crippen LogP contribution in [0.25, 0.3) is 0 Å². The SMILES string of the molecule is CCCCCCCCCCCCCCCCCCN.Cl.[NaH]. The third-order valence-corrected chi connectivity index (χ3v) is 4.06. The van der Waals surface area contributed by atoms with Crippen molar-refractivity contribution in [3.05, 3.63) is 0 Å². The molecule has 1 nitrogen and oxygen atoms in total. The number of hydrogen-bond acceptors (Lipinski definition) is 1. The molecule has 0 unspecified atom stereocenters. The summed E-state index contributed by atoms with van der Waals surface area (Å²) in [4.78, 5) is 0. The van der Waals surface area contributed by atoms with Crippen molar-refractivity contribution in [2.45, 2.75) is 110 Å². The van der Waals surface area contributed by atoms with Gasteiger partial charge in [-0.3, -0.25) is 0 Å². The van der Waals surface area contributed by atoms with E-state index < -0.39 is 0 Å². The minimum atomic E-state index is 0. The summed E-state index contributed by atoms with van der Waals surface area (Å²) in [5, 5.41) is 0. The van der Waals surface area contributed by atoms with E-state index in [9.17, 15) is 0 Å². The number of halogens is 1. The Labute approximate surface area is 163 Å². The van der Waals surface area contributed by atoms with Gasteiger partial charge in [-0.1, -0.05) is 103 Å². The first-order valence-electron chi connectivity index (χ1n) is 9.12. The van der Waals surface area contributed by atoms with E-state index in [0.29, 0.717) is 0 Å². The Morgan fingerprint density at radius 3 is 0.952 bits per heavy atom. The van der Waals surface area contributed by atoms with Crippen LogP contribution in [0.5, 0.6) is 0 Å². The Morgan fingerprint density at radius 2 is 0.714 bits per heavy atom. The second-order valence-electron chi connectivity index (χ2n) is 6.09. The predicted molar refractivity (Wildman–Crippen MR) is 103 cm³/mol. The molecule has 0 aromatic rings. The van der Waals surface area contributed by atoms with Crippen molar-refractivity contribution < 1.29 is 0 Å². The Kier molecular flexibility index (Phi) is 33.8. The van der Waals surface area contributed by atoms with Crippen LogP contribution in [0.3, 0.4) is 0 Å². The molecule has 0 heterocycles. The van der Waals surface area contributed by atoms with Crippen LogP contribution in [0.1, 0.15) is 110 Å². The fourth-order valence-electron chi connectivity index (χ4n) is 2.69. The van der Waals surface area contributed by atoms with Crippen molar-refractivity contribution in [2.24, 2.45) is 5.73 Å². The zero-order chi connectivity index (χ0) is 14.0. The predicted octanol–water partition coefficient (Wildman–Crippen LogP) is 5.98. The molecule has 0 radical (unpaired) electrons. The maximum absolute atomic E-state index is 5.48. The van der Waals surface area contributed by atoms with Crippen molar-refractivity contribution in [3.63, 3.8) is 0 Å². The maximum atomic E-state index is 5.48. The topological polar surface area (TPSA) is 26.0 Å². The first-order valence-corrected chi connectivity index (χ1v) is 9.12. The van der Waals surface area contributed by atoms with Crippen LogP contribution >= 0.6 is 12.4 Å². The molecule has 0 aromatic heterocycles. The Balaban J connectivity index is -0.00000162. The van der Waals surface area contributed by atoms with Crippen LogP contribution < -0.4 is 5.73 Å². The van der Waals surface area contributed by atoms with E-state index in [4.69, 9.17) is 5.73 Å². The van der Waals surface area contributed by atoms with Crippen molar-refractivity contribution in [3.8, 4) is 0 Å². The molecule has 0 fully saturated rings. The second kappa shape index (κ2) is 26.2. The van der Waals surface area contributed by atoms with E-state index in [1.807, 2.05) is 0 Å². The van der Waals surface area contributed by atoms with Crippen molar-refractivity contribution >= 4 is 42.0 Å². The molecule has 0 saturated carbocycles. The molecule has 0 aliphatic rings. The van der Waals surface area contributed by atoms with Gasteiger partial charge in [0.15, 0.2) is 0 Å². The fraction of sp³-hybridized carbons (Fsp3) is 1.00. The third-order valence-electron chi connectivity index (χ3n) is 4.06. The number of rotatable bonds is 16. The zero-order valence-electron chi connectivity index (χ0n) is 14.0. The Morgan fingerprint density at radius 1 is 0.476 bits per heavy atom. The normalized spacial score (nSPS) is 10.0. The third kappa shape index (κ3) is 26.5. The van der Waals surface area contributed by atoms with E-state index >= 15 is 0 Å². The van der Waals surface area contributed by atoms with E-state index in [-0.39, 0.29) is 42.0 Å². The second-order valence-corrected chi connectivity index (χ2v) is 6.09. The van der Waals surface area contributed by atoms with Gasteiger partial charge in [0, 0.05) is 0 Å². The van der Waals surface area contributed by atoms with Crippen molar-refractivity contribution in [1.82, 2.24) is 0 Å². The summed E-state index contributed by atoms with van der Waals surface area (Å²) in [5.41, 5.74) is 5.48. The molecule has 3 heteroatoms. The molecule has 0 aromatic carbocycles. The van der Waals surface area contributed by atoms with Gasteiger partial charge in [-0.2, -0.15) is 0 Å². The summed E-state index contributed by atoms with van der Waals surface area (Å²) >= 11 is 0. The minimum absolute atomic E-state index is 0. The average molecular weight is 330 g/mol. The molecule has 126 valence electrons. The van der Waals surface area contributed by atoms with Gasteiger partial charge in [-0.05, 0) is 13.0 Å². The molecule has 2 N–H and O–H groups in total. The molecule has 0 rings (SSSR count). The Bertz CT molecular complexity index is 140. The summed E-state index contributed by atoms with van der Waals surface area (Å²) in [5.74, 6) is 0.